The third-order valence-corrected chi connectivity index (χ3v) is 2.96. The topological polar surface area (TPSA) is 84.2 Å². The van der Waals surface area contributed by atoms with Gasteiger partial charge >= 0.3 is 5.97 Å². The first kappa shape index (κ1) is 14.1. The van der Waals surface area contributed by atoms with Gasteiger partial charge in [0.15, 0.2) is 5.69 Å². The maximum absolute atomic E-state index is 11.9. The summed E-state index contributed by atoms with van der Waals surface area (Å²) in [6.45, 7) is 0.774. The van der Waals surface area contributed by atoms with Crippen molar-refractivity contribution in [1.82, 2.24) is 14.9 Å². The van der Waals surface area contributed by atoms with Gasteiger partial charge in [-0.05, 0) is 12.1 Å². The minimum Gasteiger partial charge on any atom is -0.476 e. The molecular formula is C13H12ClN3O3. The monoisotopic (exact) mass is 293 g/mol. The van der Waals surface area contributed by atoms with Crippen LogP contribution in [0.4, 0.5) is 0 Å². The van der Waals surface area contributed by atoms with E-state index in [1.165, 1.54) is 12.5 Å². The highest BCUT2D eigenvalue weighted by Gasteiger charge is 2.09. The summed E-state index contributed by atoms with van der Waals surface area (Å²) in [7, 11) is 0. The Morgan fingerprint density at radius 1 is 1.35 bits per heavy atom. The van der Waals surface area contributed by atoms with E-state index in [-0.39, 0.29) is 11.6 Å². The predicted molar refractivity (Wildman–Crippen MR) is 73.0 cm³/mol. The van der Waals surface area contributed by atoms with Crippen LogP contribution in [0.25, 0.3) is 0 Å². The lowest BCUT2D eigenvalue weighted by atomic mass is 10.2. The van der Waals surface area contributed by atoms with Crippen LogP contribution in [0.3, 0.4) is 0 Å². The molecule has 1 heterocycles. The summed E-state index contributed by atoms with van der Waals surface area (Å²) in [5, 5.41) is 11.8. The molecule has 1 aromatic heterocycles. The molecule has 0 unspecified atom stereocenters. The Labute approximate surface area is 120 Å². The van der Waals surface area contributed by atoms with Crippen molar-refractivity contribution in [2.24, 2.45) is 0 Å². The molecule has 6 nitrogen and oxygen atoms in total. The van der Waals surface area contributed by atoms with E-state index in [2.05, 4.69) is 10.3 Å². The molecule has 0 spiro atoms. The van der Waals surface area contributed by atoms with Crippen molar-refractivity contribution in [2.75, 3.05) is 6.54 Å². The third kappa shape index (κ3) is 3.36. The molecule has 2 N–H and O–H groups in total. The minimum absolute atomic E-state index is 0.0255. The molecule has 2 aromatic rings. The minimum atomic E-state index is -1.08. The van der Waals surface area contributed by atoms with Crippen molar-refractivity contribution in [3.63, 3.8) is 0 Å². The highest BCUT2D eigenvalue weighted by atomic mass is 35.5. The van der Waals surface area contributed by atoms with E-state index in [1.807, 2.05) is 0 Å². The van der Waals surface area contributed by atoms with E-state index in [9.17, 15) is 9.59 Å². The van der Waals surface area contributed by atoms with E-state index in [1.54, 1.807) is 28.8 Å². The van der Waals surface area contributed by atoms with Crippen LogP contribution in [0.2, 0.25) is 5.02 Å². The Kier molecular flexibility index (Phi) is 4.37. The van der Waals surface area contributed by atoms with Crippen molar-refractivity contribution in [3.8, 4) is 0 Å². The normalized spacial score (nSPS) is 10.2. The number of rotatable bonds is 5. The molecule has 0 aliphatic rings. The lowest BCUT2D eigenvalue weighted by molar-refractivity contribution is 0.0690. The zero-order valence-corrected chi connectivity index (χ0v) is 11.2. The second kappa shape index (κ2) is 6.21. The Hall–Kier alpha value is -2.34. The number of aromatic nitrogens is 2. The number of carbonyl (C=O) groups is 2. The van der Waals surface area contributed by atoms with Gasteiger partial charge in [-0.2, -0.15) is 0 Å². The van der Waals surface area contributed by atoms with Gasteiger partial charge in [0.2, 0.25) is 0 Å². The lowest BCUT2D eigenvalue weighted by Crippen LogP contribution is -2.27. The number of halogens is 1. The molecule has 0 radical (unpaired) electrons. The van der Waals surface area contributed by atoms with Gasteiger partial charge in [0, 0.05) is 19.3 Å². The van der Waals surface area contributed by atoms with E-state index >= 15 is 0 Å². The third-order valence-electron chi connectivity index (χ3n) is 2.63. The highest BCUT2D eigenvalue weighted by molar-refractivity contribution is 6.33. The van der Waals surface area contributed by atoms with Crippen LogP contribution < -0.4 is 5.32 Å². The summed E-state index contributed by atoms with van der Waals surface area (Å²) in [5.74, 6) is -1.35. The molecule has 1 aromatic carbocycles. The Bertz CT molecular complexity index is 639. The van der Waals surface area contributed by atoms with E-state index < -0.39 is 5.97 Å². The number of hydrogen-bond acceptors (Lipinski definition) is 3. The Balaban J connectivity index is 1.88. The second-order valence-corrected chi connectivity index (χ2v) is 4.44. The number of carboxylic acid groups (broad SMARTS) is 1. The highest BCUT2D eigenvalue weighted by Crippen LogP contribution is 2.14. The fraction of sp³-hybridized carbons (Fsp3) is 0.154. The largest absolute Gasteiger partial charge is 0.476 e. The number of aromatic carboxylic acids is 1. The molecule has 0 atom stereocenters. The molecule has 0 fully saturated rings. The maximum atomic E-state index is 11.9. The average molecular weight is 294 g/mol. The molecule has 0 saturated heterocycles. The molecule has 0 bridgehead atoms. The number of hydrogen-bond donors (Lipinski definition) is 2. The quantitative estimate of drug-likeness (QED) is 0.878. The van der Waals surface area contributed by atoms with Crippen LogP contribution in [-0.4, -0.2) is 33.1 Å². The van der Waals surface area contributed by atoms with Crippen molar-refractivity contribution >= 4 is 23.5 Å². The number of nitrogens with zero attached hydrogens (tertiary/aromatic N) is 2. The van der Waals surface area contributed by atoms with Crippen LogP contribution >= 0.6 is 11.6 Å². The zero-order valence-electron chi connectivity index (χ0n) is 10.4. The molecule has 2 rings (SSSR count). The van der Waals surface area contributed by atoms with Gasteiger partial charge < -0.3 is 15.0 Å². The fourth-order valence-corrected chi connectivity index (χ4v) is 1.85. The summed E-state index contributed by atoms with van der Waals surface area (Å²) in [4.78, 5) is 26.2. The first-order valence-electron chi connectivity index (χ1n) is 5.85. The molecule has 0 aliphatic carbocycles. The smallest absolute Gasteiger partial charge is 0.356 e. The first-order valence-corrected chi connectivity index (χ1v) is 6.23. The summed E-state index contributed by atoms with van der Waals surface area (Å²) < 4.78 is 1.59. The van der Waals surface area contributed by atoms with Gasteiger partial charge in [-0.3, -0.25) is 4.79 Å². The fourth-order valence-electron chi connectivity index (χ4n) is 1.63. The van der Waals surface area contributed by atoms with Gasteiger partial charge in [-0.25, -0.2) is 9.78 Å². The molecule has 7 heteroatoms. The summed E-state index contributed by atoms with van der Waals surface area (Å²) in [6, 6.07) is 6.76. The van der Waals surface area contributed by atoms with Crippen molar-refractivity contribution in [1.29, 1.82) is 0 Å². The number of carbonyl (C=O) groups excluding carboxylic acids is 1. The first-order chi connectivity index (χ1) is 9.58. The van der Waals surface area contributed by atoms with E-state index in [4.69, 9.17) is 16.7 Å². The number of nitrogens with one attached hydrogen (secondary N) is 1. The van der Waals surface area contributed by atoms with Crippen molar-refractivity contribution in [3.05, 3.63) is 53.1 Å². The van der Waals surface area contributed by atoms with Crippen molar-refractivity contribution < 1.29 is 14.7 Å². The number of amides is 1. The predicted octanol–water partition coefficient (Wildman–Crippen LogP) is 1.66. The Morgan fingerprint density at radius 3 is 2.75 bits per heavy atom. The maximum Gasteiger partial charge on any atom is 0.356 e. The standard InChI is InChI=1S/C13H12ClN3O3/c14-10-4-2-1-3-9(10)12(18)15-5-6-17-7-11(13(19)20)16-8-17/h1-4,7-8H,5-6H2,(H,15,18)(H,19,20). The molecule has 104 valence electrons. The number of benzene rings is 1. The molecular weight excluding hydrogens is 282 g/mol. The van der Waals surface area contributed by atoms with Gasteiger partial charge in [-0.1, -0.05) is 23.7 Å². The van der Waals surface area contributed by atoms with Gasteiger partial charge in [0.1, 0.15) is 0 Å². The lowest BCUT2D eigenvalue weighted by Gasteiger charge is -2.06. The van der Waals surface area contributed by atoms with E-state index in [0.717, 1.165) is 0 Å². The van der Waals surface area contributed by atoms with Crippen LogP contribution in [0.15, 0.2) is 36.8 Å². The van der Waals surface area contributed by atoms with Crippen LogP contribution in [-0.2, 0) is 6.54 Å². The van der Waals surface area contributed by atoms with Crippen LogP contribution in [0, 0.1) is 0 Å². The number of carboxylic acids is 1. The summed E-state index contributed by atoms with van der Waals surface area (Å²) in [5.41, 5.74) is 0.383. The van der Waals surface area contributed by atoms with Crippen LogP contribution in [0.1, 0.15) is 20.8 Å². The molecule has 0 aliphatic heterocycles. The summed E-state index contributed by atoms with van der Waals surface area (Å²) >= 11 is 5.91. The average Bonchev–Trinajstić information content (AvgIpc) is 2.88. The van der Waals surface area contributed by atoms with E-state index in [0.29, 0.717) is 23.7 Å². The molecule has 1 amide bonds. The SMILES string of the molecule is O=C(O)c1cn(CCNC(=O)c2ccccc2Cl)cn1. The van der Waals surface area contributed by atoms with Gasteiger partial charge in [0.05, 0.1) is 16.9 Å². The second-order valence-electron chi connectivity index (χ2n) is 4.04. The Morgan fingerprint density at radius 2 is 2.10 bits per heavy atom. The van der Waals surface area contributed by atoms with Crippen molar-refractivity contribution in [2.45, 2.75) is 6.54 Å². The van der Waals surface area contributed by atoms with Crippen LogP contribution in [0.5, 0.6) is 0 Å². The molecule has 20 heavy (non-hydrogen) atoms. The van der Waals surface area contributed by atoms with Gasteiger partial charge in [-0.15, -0.1) is 0 Å². The number of imidazole rings is 1. The zero-order chi connectivity index (χ0) is 14.5. The molecule has 0 saturated carbocycles. The summed E-state index contributed by atoms with van der Waals surface area (Å²) in [6.07, 6.45) is 2.81. The van der Waals surface area contributed by atoms with Gasteiger partial charge in [0.25, 0.3) is 5.91 Å².